The van der Waals surface area contributed by atoms with Crippen LogP contribution in [0.1, 0.15) is 0 Å². The maximum absolute atomic E-state index is 8.36. The number of hydrogen-bond acceptors (Lipinski definition) is 4. The van der Waals surface area contributed by atoms with Crippen molar-refractivity contribution in [3.05, 3.63) is 10.1 Å². The molecule has 0 aliphatic carbocycles. The molecule has 6 nitrogen and oxygen atoms in total. The normalized spacial score (nSPS) is 3.43. The van der Waals surface area contributed by atoms with Crippen LogP contribution >= 0.6 is 0 Å². The van der Waals surface area contributed by atoms with E-state index in [1.54, 1.807) is 0 Å². The van der Waals surface area contributed by atoms with E-state index in [1.165, 1.54) is 0 Å². The van der Waals surface area contributed by atoms with Crippen molar-refractivity contribution in [2.45, 2.75) is 0 Å². The third-order valence-electron chi connectivity index (χ3n) is 0. The predicted molar refractivity (Wildman–Crippen MR) is 21.3 cm³/mol. The monoisotopic (exact) mass is 117 g/mol. The summed E-state index contributed by atoms with van der Waals surface area (Å²) in [5.74, 6) is 0. The second kappa shape index (κ2) is 19.7. The van der Waals surface area contributed by atoms with Gasteiger partial charge in [0.05, 0.1) is 0 Å². The first-order valence-corrected chi connectivity index (χ1v) is 0.565. The number of rotatable bonds is 0. The van der Waals surface area contributed by atoms with E-state index in [1.807, 2.05) is 0 Å². The van der Waals surface area contributed by atoms with Crippen molar-refractivity contribution in [1.29, 1.82) is 0 Å². The van der Waals surface area contributed by atoms with Crippen molar-refractivity contribution < 1.29 is 15.0 Å². The minimum absolute atomic E-state index is 0. The first-order valence-electron chi connectivity index (χ1n) is 0.565. The average Bonchev–Trinajstić information content (AvgIpc) is 0.811. The highest BCUT2D eigenvalue weighted by Gasteiger charge is 1.65. The zero-order chi connectivity index (χ0) is 3.58. The van der Waals surface area contributed by atoms with Crippen LogP contribution in [0.25, 0.3) is 0 Å². The van der Waals surface area contributed by atoms with Crippen molar-refractivity contribution in [1.82, 2.24) is 12.3 Å². The smallest absolute Gasteiger partial charge is 0.291 e. The Morgan fingerprint density at radius 2 is 1.43 bits per heavy atom. The summed E-state index contributed by atoms with van der Waals surface area (Å²) in [7, 11) is 0. The Bertz CT molecular complexity index is 33.2. The highest BCUT2D eigenvalue weighted by molar-refractivity contribution is 3.83. The van der Waals surface area contributed by atoms with Crippen LogP contribution in [0.3, 0.4) is 0 Å². The SMILES string of the molecule is F.N.N.O=[N+]([O-])O. The Morgan fingerprint density at radius 3 is 1.43 bits per heavy atom. The molecule has 0 saturated carbocycles. The lowest BCUT2D eigenvalue weighted by atomic mass is 13.1. The lowest BCUT2D eigenvalue weighted by Crippen LogP contribution is -1.81. The lowest BCUT2D eigenvalue weighted by molar-refractivity contribution is -0.742. The molecule has 0 amide bonds. The fourth-order valence-corrected chi connectivity index (χ4v) is 0. The number of halogens is 1. The van der Waals surface area contributed by atoms with E-state index in [4.69, 9.17) is 15.3 Å². The van der Waals surface area contributed by atoms with Gasteiger partial charge in [0, 0.05) is 0 Å². The maximum Gasteiger partial charge on any atom is 0.291 e. The van der Waals surface area contributed by atoms with Crippen LogP contribution in [0.4, 0.5) is 4.70 Å². The molecule has 0 aromatic rings. The molecule has 0 radical (unpaired) electrons. The van der Waals surface area contributed by atoms with Gasteiger partial charge in [-0.1, -0.05) is 0 Å². The first kappa shape index (κ1) is 36.7. The Kier molecular flexibility index (Phi) is 103. The van der Waals surface area contributed by atoms with Gasteiger partial charge in [-0.3, -0.25) is 4.70 Å². The van der Waals surface area contributed by atoms with E-state index in [9.17, 15) is 0 Å². The third-order valence-corrected chi connectivity index (χ3v) is 0. The van der Waals surface area contributed by atoms with E-state index in [2.05, 4.69) is 0 Å². The Morgan fingerprint density at radius 1 is 1.43 bits per heavy atom. The van der Waals surface area contributed by atoms with Crippen molar-refractivity contribution in [3.63, 3.8) is 0 Å². The van der Waals surface area contributed by atoms with Gasteiger partial charge < -0.3 is 17.5 Å². The van der Waals surface area contributed by atoms with Gasteiger partial charge in [0.15, 0.2) is 0 Å². The molecule has 0 aromatic heterocycles. The predicted octanol–water partition coefficient (Wildman–Crippen LogP) is 0.129. The van der Waals surface area contributed by atoms with Crippen molar-refractivity contribution in [2.24, 2.45) is 0 Å². The van der Waals surface area contributed by atoms with E-state index in [0.29, 0.717) is 0 Å². The van der Waals surface area contributed by atoms with Crippen LogP contribution in [0.15, 0.2) is 0 Å². The van der Waals surface area contributed by atoms with E-state index in [-0.39, 0.29) is 17.0 Å². The molecule has 0 aromatic carbocycles. The molecular formula is H8FN3O3. The zero-order valence-electron chi connectivity index (χ0n) is 3.53. The van der Waals surface area contributed by atoms with Gasteiger partial charge >= 0.3 is 0 Å². The van der Waals surface area contributed by atoms with Crippen LogP contribution in [-0.4, -0.2) is 10.3 Å². The molecule has 7 N–H and O–H groups in total. The summed E-state index contributed by atoms with van der Waals surface area (Å²) < 4.78 is 0. The van der Waals surface area contributed by atoms with E-state index >= 15 is 0 Å². The zero-order valence-corrected chi connectivity index (χ0v) is 3.53. The van der Waals surface area contributed by atoms with Crippen LogP contribution in [0.2, 0.25) is 0 Å². The summed E-state index contributed by atoms with van der Waals surface area (Å²) in [4.78, 5) is 8.36. The molecule has 0 aliphatic rings. The Labute approximate surface area is 38.8 Å². The van der Waals surface area contributed by atoms with Crippen molar-refractivity contribution >= 4 is 0 Å². The molecular weight excluding hydrogens is 109 g/mol. The van der Waals surface area contributed by atoms with Crippen LogP contribution in [-0.2, 0) is 0 Å². The molecule has 0 heterocycles. The largest absolute Gasteiger partial charge is 0.344 e. The van der Waals surface area contributed by atoms with Crippen molar-refractivity contribution in [3.8, 4) is 0 Å². The molecule has 0 fully saturated rings. The Hall–Kier alpha value is -0.950. The highest BCUT2D eigenvalue weighted by Crippen LogP contribution is 1.38. The first-order chi connectivity index (χ1) is 1.73. The molecule has 48 valence electrons. The van der Waals surface area contributed by atoms with E-state index < -0.39 is 5.09 Å². The van der Waals surface area contributed by atoms with Crippen LogP contribution in [0, 0.1) is 10.1 Å². The minimum atomic E-state index is -1.50. The van der Waals surface area contributed by atoms with Gasteiger partial charge in [0.2, 0.25) is 0 Å². The second-order valence-corrected chi connectivity index (χ2v) is 0.238. The minimum Gasteiger partial charge on any atom is -0.344 e. The molecule has 0 saturated heterocycles. The number of nitrogens with zero attached hydrogens (tertiary/aromatic N) is 1. The van der Waals surface area contributed by atoms with Crippen LogP contribution in [0.5, 0.6) is 0 Å². The summed E-state index contributed by atoms with van der Waals surface area (Å²) in [6.45, 7) is 0. The van der Waals surface area contributed by atoms with Gasteiger partial charge in [0.1, 0.15) is 0 Å². The maximum atomic E-state index is 8.36. The summed E-state index contributed by atoms with van der Waals surface area (Å²) in [5, 5.41) is 13.6. The van der Waals surface area contributed by atoms with Crippen LogP contribution < -0.4 is 12.3 Å². The molecule has 0 aliphatic heterocycles. The molecule has 0 bridgehead atoms. The van der Waals surface area contributed by atoms with Gasteiger partial charge in [-0.05, 0) is 0 Å². The standard InChI is InChI=1S/FH.HNO3.2H3N/c;2-1(3)4;;/h1H;(H,2,3,4);2*1H3. The quantitative estimate of drug-likeness (QED) is 0.306. The molecule has 0 unspecified atom stereocenters. The van der Waals surface area contributed by atoms with Crippen molar-refractivity contribution in [2.75, 3.05) is 0 Å². The summed E-state index contributed by atoms with van der Waals surface area (Å²) >= 11 is 0. The fraction of sp³-hybridized carbons (Fsp3) is 0. The fourth-order valence-electron chi connectivity index (χ4n) is 0. The summed E-state index contributed by atoms with van der Waals surface area (Å²) in [6.07, 6.45) is 0. The lowest BCUT2D eigenvalue weighted by Gasteiger charge is -1.56. The summed E-state index contributed by atoms with van der Waals surface area (Å²) in [5.41, 5.74) is 0. The van der Waals surface area contributed by atoms with E-state index in [0.717, 1.165) is 0 Å². The third kappa shape index (κ3) is 52.1. The molecule has 0 rings (SSSR count). The highest BCUT2D eigenvalue weighted by atomic mass is 19.0. The van der Waals surface area contributed by atoms with Gasteiger partial charge in [-0.2, -0.15) is 0 Å². The number of hydrogen-bond donors (Lipinski definition) is 3. The van der Waals surface area contributed by atoms with Gasteiger partial charge in [-0.15, -0.1) is 10.1 Å². The molecule has 7 heteroatoms. The van der Waals surface area contributed by atoms with Gasteiger partial charge in [0.25, 0.3) is 5.09 Å². The Balaban J connectivity index is -0.0000000150. The molecule has 0 atom stereocenters. The summed E-state index contributed by atoms with van der Waals surface area (Å²) in [6, 6.07) is 0. The second-order valence-electron chi connectivity index (χ2n) is 0.238. The average molecular weight is 117 g/mol. The molecule has 7 heavy (non-hydrogen) atoms. The van der Waals surface area contributed by atoms with Gasteiger partial charge in [-0.25, -0.2) is 0 Å². The molecule has 0 spiro atoms. The topological polar surface area (TPSA) is 133 Å².